The molecule has 0 aromatic rings. The quantitative estimate of drug-likeness (QED) is 0.710. The molecule has 82 valence electrons. The van der Waals surface area contributed by atoms with E-state index in [4.69, 9.17) is 4.74 Å². The van der Waals surface area contributed by atoms with Crippen molar-refractivity contribution in [2.45, 2.75) is 20.8 Å². The first kappa shape index (κ1) is 10.3. The van der Waals surface area contributed by atoms with Gasteiger partial charge in [-0.2, -0.15) is 0 Å². The minimum absolute atomic E-state index is 0.419. The smallest absolute Gasteiger partial charge is 0.126 e. The van der Waals surface area contributed by atoms with E-state index in [0.717, 1.165) is 24.6 Å². The van der Waals surface area contributed by atoms with Crippen molar-refractivity contribution in [3.63, 3.8) is 0 Å². The van der Waals surface area contributed by atoms with E-state index in [1.54, 1.807) is 0 Å². The van der Waals surface area contributed by atoms with Gasteiger partial charge in [0.15, 0.2) is 0 Å². The second-order valence-electron chi connectivity index (χ2n) is 4.54. The van der Waals surface area contributed by atoms with Crippen LogP contribution in [0.3, 0.4) is 0 Å². The predicted octanol–water partition coefficient (Wildman–Crippen LogP) is 2.61. The van der Waals surface area contributed by atoms with E-state index in [9.17, 15) is 0 Å². The number of allylic oxidation sites excluding steroid dienone is 4. The molecular formula is C13H19NO. The van der Waals surface area contributed by atoms with Gasteiger partial charge in [-0.3, -0.25) is 0 Å². The molecule has 1 aliphatic heterocycles. The lowest BCUT2D eigenvalue weighted by Gasteiger charge is -2.29. The average molecular weight is 205 g/mol. The Balaban J connectivity index is 2.40. The highest BCUT2D eigenvalue weighted by atomic mass is 16.5. The molecule has 1 heterocycles. The monoisotopic (exact) mass is 205 g/mol. The van der Waals surface area contributed by atoms with Gasteiger partial charge in [0.25, 0.3) is 0 Å². The SMILES string of the molecule is CC1=CC=CC2=C(OCCN2)C1C(C)C. The lowest BCUT2D eigenvalue weighted by molar-refractivity contribution is 0.154. The second-order valence-corrected chi connectivity index (χ2v) is 4.54. The minimum atomic E-state index is 0.419. The molecule has 0 spiro atoms. The zero-order chi connectivity index (χ0) is 10.8. The number of hydrogen-bond donors (Lipinski definition) is 1. The van der Waals surface area contributed by atoms with Crippen LogP contribution in [-0.4, -0.2) is 13.2 Å². The van der Waals surface area contributed by atoms with Crippen molar-refractivity contribution in [3.8, 4) is 0 Å². The molecule has 0 saturated carbocycles. The second kappa shape index (κ2) is 4.13. The fourth-order valence-corrected chi connectivity index (χ4v) is 2.35. The van der Waals surface area contributed by atoms with E-state index in [0.29, 0.717) is 11.8 Å². The Morgan fingerprint density at radius 1 is 1.47 bits per heavy atom. The van der Waals surface area contributed by atoms with E-state index in [1.165, 1.54) is 5.57 Å². The summed E-state index contributed by atoms with van der Waals surface area (Å²) in [5.74, 6) is 2.12. The van der Waals surface area contributed by atoms with Crippen LogP contribution in [0.25, 0.3) is 0 Å². The van der Waals surface area contributed by atoms with Gasteiger partial charge in [0.2, 0.25) is 0 Å². The fourth-order valence-electron chi connectivity index (χ4n) is 2.35. The van der Waals surface area contributed by atoms with Gasteiger partial charge in [-0.15, -0.1) is 0 Å². The Morgan fingerprint density at radius 3 is 3.00 bits per heavy atom. The molecule has 15 heavy (non-hydrogen) atoms. The molecule has 1 unspecified atom stereocenters. The molecule has 2 rings (SSSR count). The van der Waals surface area contributed by atoms with Crippen molar-refractivity contribution in [1.82, 2.24) is 5.32 Å². The Labute approximate surface area is 91.7 Å². The standard InChI is InChI=1S/C13H19NO/c1-9(2)12-10(3)5-4-6-11-13(12)15-8-7-14-11/h4-6,9,12,14H,7-8H2,1-3H3. The third kappa shape index (κ3) is 1.94. The first-order valence-corrected chi connectivity index (χ1v) is 5.66. The van der Waals surface area contributed by atoms with Crippen molar-refractivity contribution >= 4 is 0 Å². The zero-order valence-corrected chi connectivity index (χ0v) is 9.71. The molecule has 0 radical (unpaired) electrons. The Kier molecular flexibility index (Phi) is 2.85. The lowest BCUT2D eigenvalue weighted by Crippen LogP contribution is -2.30. The maximum absolute atomic E-state index is 5.83. The van der Waals surface area contributed by atoms with E-state index in [2.05, 4.69) is 44.3 Å². The summed E-state index contributed by atoms with van der Waals surface area (Å²) < 4.78 is 5.83. The Hall–Kier alpha value is -1.18. The normalized spacial score (nSPS) is 25.3. The van der Waals surface area contributed by atoms with E-state index in [-0.39, 0.29) is 0 Å². The summed E-state index contributed by atoms with van der Waals surface area (Å²) in [4.78, 5) is 0. The minimum Gasteiger partial charge on any atom is -0.493 e. The highest BCUT2D eigenvalue weighted by molar-refractivity contribution is 5.35. The Bertz CT molecular complexity index is 336. The van der Waals surface area contributed by atoms with Crippen LogP contribution in [0.4, 0.5) is 0 Å². The van der Waals surface area contributed by atoms with Crippen molar-refractivity contribution in [2.24, 2.45) is 11.8 Å². The highest BCUT2D eigenvalue weighted by Crippen LogP contribution is 2.33. The summed E-state index contributed by atoms with van der Waals surface area (Å²) in [6.45, 7) is 8.37. The molecule has 2 aliphatic rings. The molecule has 2 nitrogen and oxygen atoms in total. The van der Waals surface area contributed by atoms with Crippen molar-refractivity contribution in [2.75, 3.05) is 13.2 Å². The van der Waals surface area contributed by atoms with Crippen LogP contribution in [0.15, 0.2) is 35.3 Å². The number of hydrogen-bond acceptors (Lipinski definition) is 2. The van der Waals surface area contributed by atoms with Crippen LogP contribution in [0, 0.1) is 11.8 Å². The fraction of sp³-hybridized carbons (Fsp3) is 0.538. The maximum atomic E-state index is 5.83. The van der Waals surface area contributed by atoms with E-state index >= 15 is 0 Å². The van der Waals surface area contributed by atoms with Gasteiger partial charge >= 0.3 is 0 Å². The van der Waals surface area contributed by atoms with Crippen molar-refractivity contribution in [3.05, 3.63) is 35.3 Å². The van der Waals surface area contributed by atoms with Crippen LogP contribution >= 0.6 is 0 Å². The van der Waals surface area contributed by atoms with Gasteiger partial charge in [-0.1, -0.05) is 31.6 Å². The third-order valence-electron chi connectivity index (χ3n) is 3.00. The average Bonchev–Trinajstić information content (AvgIpc) is 2.35. The van der Waals surface area contributed by atoms with Crippen molar-refractivity contribution < 1.29 is 4.74 Å². The molecule has 0 saturated heterocycles. The van der Waals surface area contributed by atoms with Crippen LogP contribution in [0.1, 0.15) is 20.8 Å². The first-order valence-electron chi connectivity index (χ1n) is 5.66. The number of rotatable bonds is 1. The van der Waals surface area contributed by atoms with Gasteiger partial charge in [0.05, 0.1) is 5.70 Å². The topological polar surface area (TPSA) is 21.3 Å². The molecule has 1 aliphatic carbocycles. The van der Waals surface area contributed by atoms with E-state index in [1.807, 2.05) is 0 Å². The molecule has 0 amide bonds. The van der Waals surface area contributed by atoms with Gasteiger partial charge in [-0.25, -0.2) is 0 Å². The number of nitrogens with one attached hydrogen (secondary N) is 1. The van der Waals surface area contributed by atoms with Crippen LogP contribution in [0.2, 0.25) is 0 Å². The summed E-state index contributed by atoms with van der Waals surface area (Å²) in [6.07, 6.45) is 6.41. The molecule has 1 atom stereocenters. The molecule has 0 aromatic heterocycles. The summed E-state index contributed by atoms with van der Waals surface area (Å²) in [7, 11) is 0. The molecular weight excluding hydrogens is 186 g/mol. The predicted molar refractivity (Wildman–Crippen MR) is 62.2 cm³/mol. The summed E-state index contributed by atoms with van der Waals surface area (Å²) in [5.41, 5.74) is 2.54. The van der Waals surface area contributed by atoms with Gasteiger partial charge in [-0.05, 0) is 18.9 Å². The van der Waals surface area contributed by atoms with Crippen molar-refractivity contribution in [1.29, 1.82) is 0 Å². The summed E-state index contributed by atoms with van der Waals surface area (Å²) >= 11 is 0. The first-order chi connectivity index (χ1) is 7.20. The van der Waals surface area contributed by atoms with Gasteiger partial charge < -0.3 is 10.1 Å². The Morgan fingerprint density at radius 2 is 2.27 bits per heavy atom. The molecule has 2 heteroatoms. The maximum Gasteiger partial charge on any atom is 0.126 e. The lowest BCUT2D eigenvalue weighted by atomic mass is 9.86. The van der Waals surface area contributed by atoms with Crippen LogP contribution < -0.4 is 5.32 Å². The summed E-state index contributed by atoms with van der Waals surface area (Å²) in [6, 6.07) is 0. The third-order valence-corrected chi connectivity index (χ3v) is 3.00. The molecule has 0 bridgehead atoms. The van der Waals surface area contributed by atoms with Gasteiger partial charge in [0.1, 0.15) is 12.4 Å². The number of ether oxygens (including phenoxy) is 1. The largest absolute Gasteiger partial charge is 0.493 e. The highest BCUT2D eigenvalue weighted by Gasteiger charge is 2.27. The van der Waals surface area contributed by atoms with E-state index < -0.39 is 0 Å². The van der Waals surface area contributed by atoms with Crippen LogP contribution in [-0.2, 0) is 4.74 Å². The molecule has 0 fully saturated rings. The molecule has 1 N–H and O–H groups in total. The zero-order valence-electron chi connectivity index (χ0n) is 9.71. The molecule has 0 aromatic carbocycles. The summed E-state index contributed by atoms with van der Waals surface area (Å²) in [5, 5.41) is 3.40. The van der Waals surface area contributed by atoms with Gasteiger partial charge in [0, 0.05) is 12.5 Å². The van der Waals surface area contributed by atoms with Crippen LogP contribution in [0.5, 0.6) is 0 Å².